The third kappa shape index (κ3) is 4.62. The van der Waals surface area contributed by atoms with Gasteiger partial charge in [0.25, 0.3) is 0 Å². The molecule has 0 aliphatic carbocycles. The van der Waals surface area contributed by atoms with E-state index in [1.54, 1.807) is 0 Å². The van der Waals surface area contributed by atoms with Gasteiger partial charge in [0.2, 0.25) is 0 Å². The van der Waals surface area contributed by atoms with Crippen LogP contribution in [0.4, 0.5) is 0 Å². The smallest absolute Gasteiger partial charge is 0.316 e. The molecule has 0 aromatic heterocycles. The lowest BCUT2D eigenvalue weighted by molar-refractivity contribution is -0.136. The molecule has 4 heteroatoms. The maximum atomic E-state index is 10.6. The zero-order chi connectivity index (χ0) is 9.56. The van der Waals surface area contributed by atoms with Crippen LogP contribution in [0.25, 0.3) is 0 Å². The van der Waals surface area contributed by atoms with Crippen molar-refractivity contribution < 1.29 is 9.90 Å². The first kappa shape index (κ1) is 11.8. The van der Waals surface area contributed by atoms with Crippen LogP contribution in [0.1, 0.15) is 26.7 Å². The average molecular weight is 191 g/mol. The molecule has 0 saturated carbocycles. The summed E-state index contributed by atoms with van der Waals surface area (Å²) < 4.78 is 0. The summed E-state index contributed by atoms with van der Waals surface area (Å²) in [6, 6.07) is 0. The molecule has 0 rings (SSSR count). The largest absolute Gasteiger partial charge is 0.480 e. The number of rotatable bonds is 6. The summed E-state index contributed by atoms with van der Waals surface area (Å²) in [5.41, 5.74) is 5.36. The third-order valence-corrected chi connectivity index (χ3v) is 3.18. The summed E-state index contributed by atoms with van der Waals surface area (Å²) >= 11 is 1.50. The van der Waals surface area contributed by atoms with Crippen molar-refractivity contribution >= 4 is 17.7 Å². The fourth-order valence-corrected chi connectivity index (χ4v) is 2.05. The van der Waals surface area contributed by atoms with Crippen molar-refractivity contribution in [2.24, 2.45) is 5.73 Å². The van der Waals surface area contributed by atoms with Gasteiger partial charge in [0.05, 0.1) is 0 Å². The number of carboxylic acids is 1. The lowest BCUT2D eigenvalue weighted by Crippen LogP contribution is -2.19. The Balaban J connectivity index is 3.77. The van der Waals surface area contributed by atoms with Gasteiger partial charge in [0, 0.05) is 5.25 Å². The number of aliphatic carboxylic acids is 1. The van der Waals surface area contributed by atoms with E-state index in [-0.39, 0.29) is 5.25 Å². The van der Waals surface area contributed by atoms with E-state index in [9.17, 15) is 4.79 Å². The van der Waals surface area contributed by atoms with E-state index >= 15 is 0 Å². The highest BCUT2D eigenvalue weighted by molar-refractivity contribution is 8.01. The first-order chi connectivity index (χ1) is 5.61. The maximum absolute atomic E-state index is 10.6. The Morgan fingerprint density at radius 1 is 1.67 bits per heavy atom. The van der Waals surface area contributed by atoms with Crippen LogP contribution in [0.3, 0.4) is 0 Å². The maximum Gasteiger partial charge on any atom is 0.316 e. The van der Waals surface area contributed by atoms with Crippen molar-refractivity contribution in [3.8, 4) is 0 Å². The molecule has 3 N–H and O–H groups in total. The fraction of sp³-hybridized carbons (Fsp3) is 0.875. The summed E-state index contributed by atoms with van der Waals surface area (Å²) in [4.78, 5) is 10.6. The molecule has 3 nitrogen and oxygen atoms in total. The van der Waals surface area contributed by atoms with Gasteiger partial charge in [-0.3, -0.25) is 4.79 Å². The molecule has 0 spiro atoms. The van der Waals surface area contributed by atoms with Crippen molar-refractivity contribution in [1.82, 2.24) is 0 Å². The van der Waals surface area contributed by atoms with Crippen molar-refractivity contribution in [3.05, 3.63) is 0 Å². The van der Waals surface area contributed by atoms with Crippen molar-refractivity contribution in [2.45, 2.75) is 37.2 Å². The second-order valence-electron chi connectivity index (χ2n) is 2.76. The second-order valence-corrected chi connectivity index (χ2v) is 4.41. The molecule has 2 atom stereocenters. The Labute approximate surface area is 77.7 Å². The third-order valence-electron chi connectivity index (χ3n) is 1.62. The molecule has 0 aliphatic rings. The van der Waals surface area contributed by atoms with Gasteiger partial charge in [-0.05, 0) is 19.4 Å². The molecule has 2 unspecified atom stereocenters. The van der Waals surface area contributed by atoms with Gasteiger partial charge in [-0.15, -0.1) is 11.8 Å². The molecule has 0 aromatic carbocycles. The van der Waals surface area contributed by atoms with Crippen LogP contribution >= 0.6 is 11.8 Å². The van der Waals surface area contributed by atoms with Crippen molar-refractivity contribution in [3.63, 3.8) is 0 Å². The average Bonchev–Trinajstić information content (AvgIpc) is 2.00. The zero-order valence-electron chi connectivity index (χ0n) is 7.62. The van der Waals surface area contributed by atoms with Crippen LogP contribution < -0.4 is 5.73 Å². The summed E-state index contributed by atoms with van der Waals surface area (Å²) in [5.74, 6) is -0.716. The summed E-state index contributed by atoms with van der Waals surface area (Å²) in [6.07, 6.45) is 1.56. The Hall–Kier alpha value is -0.220. The van der Waals surface area contributed by atoms with E-state index in [0.717, 1.165) is 6.42 Å². The van der Waals surface area contributed by atoms with Gasteiger partial charge in [-0.25, -0.2) is 0 Å². The zero-order valence-corrected chi connectivity index (χ0v) is 8.43. The summed E-state index contributed by atoms with van der Waals surface area (Å²) in [5, 5.41) is 8.81. The van der Waals surface area contributed by atoms with Gasteiger partial charge in [-0.1, -0.05) is 13.8 Å². The number of hydrogen-bond acceptors (Lipinski definition) is 3. The number of carboxylic acid groups (broad SMARTS) is 1. The highest BCUT2D eigenvalue weighted by Gasteiger charge is 2.18. The van der Waals surface area contributed by atoms with Gasteiger partial charge < -0.3 is 10.8 Å². The molecule has 0 fully saturated rings. The molecule has 0 aromatic rings. The summed E-state index contributed by atoms with van der Waals surface area (Å²) in [6.45, 7) is 4.54. The minimum absolute atomic E-state index is 0.272. The molecule has 0 aliphatic heterocycles. The predicted octanol–water partition coefficient (Wildman–Crippen LogP) is 1.32. The normalized spacial score (nSPS) is 15.6. The molecule has 0 heterocycles. The van der Waals surface area contributed by atoms with Crippen LogP contribution in [0.5, 0.6) is 0 Å². The van der Waals surface area contributed by atoms with Crippen LogP contribution in [-0.4, -0.2) is 28.1 Å². The predicted molar refractivity (Wildman–Crippen MR) is 52.4 cm³/mol. The molecular formula is C8H17NO2S. The van der Waals surface area contributed by atoms with Crippen LogP contribution in [0, 0.1) is 0 Å². The van der Waals surface area contributed by atoms with E-state index in [2.05, 4.69) is 0 Å². The van der Waals surface area contributed by atoms with Gasteiger partial charge in [-0.2, -0.15) is 0 Å². The van der Waals surface area contributed by atoms with E-state index in [0.29, 0.717) is 18.2 Å². The standard InChI is InChI=1S/C8H17NO2S/c1-3-7(8(10)11)12-6(2)4-5-9/h6-7H,3-5,9H2,1-2H3,(H,10,11). The minimum Gasteiger partial charge on any atom is -0.480 e. The van der Waals surface area contributed by atoms with Crippen LogP contribution in [0.15, 0.2) is 0 Å². The number of hydrogen-bond donors (Lipinski definition) is 2. The monoisotopic (exact) mass is 191 g/mol. The quantitative estimate of drug-likeness (QED) is 0.664. The Morgan fingerprint density at radius 2 is 2.25 bits per heavy atom. The minimum atomic E-state index is -0.716. The first-order valence-electron chi connectivity index (χ1n) is 4.20. The highest BCUT2D eigenvalue weighted by Crippen LogP contribution is 2.22. The van der Waals surface area contributed by atoms with E-state index < -0.39 is 5.97 Å². The van der Waals surface area contributed by atoms with E-state index in [1.807, 2.05) is 13.8 Å². The van der Waals surface area contributed by atoms with E-state index in [1.165, 1.54) is 11.8 Å². The van der Waals surface area contributed by atoms with Crippen LogP contribution in [-0.2, 0) is 4.79 Å². The first-order valence-corrected chi connectivity index (χ1v) is 5.14. The number of thioether (sulfide) groups is 1. The van der Waals surface area contributed by atoms with Gasteiger partial charge in [0.1, 0.15) is 5.25 Å². The Kier molecular flexibility index (Phi) is 6.20. The fourth-order valence-electron chi connectivity index (χ4n) is 0.912. The van der Waals surface area contributed by atoms with Crippen molar-refractivity contribution in [2.75, 3.05) is 6.54 Å². The Bertz CT molecular complexity index is 141. The van der Waals surface area contributed by atoms with Gasteiger partial charge in [0.15, 0.2) is 0 Å². The molecule has 0 saturated heterocycles. The Morgan fingerprint density at radius 3 is 2.58 bits per heavy atom. The highest BCUT2D eigenvalue weighted by atomic mass is 32.2. The second kappa shape index (κ2) is 6.31. The molecule has 0 bridgehead atoms. The molecule has 72 valence electrons. The number of nitrogens with two attached hydrogens (primary N) is 1. The molecular weight excluding hydrogens is 174 g/mol. The lowest BCUT2D eigenvalue weighted by atomic mass is 10.3. The van der Waals surface area contributed by atoms with Gasteiger partial charge >= 0.3 is 5.97 Å². The summed E-state index contributed by atoms with van der Waals surface area (Å²) in [7, 11) is 0. The van der Waals surface area contributed by atoms with E-state index in [4.69, 9.17) is 10.8 Å². The SMILES string of the molecule is CCC(SC(C)CCN)C(=O)O. The topological polar surface area (TPSA) is 63.3 Å². The molecule has 0 amide bonds. The lowest BCUT2D eigenvalue weighted by Gasteiger charge is -2.14. The molecule has 0 radical (unpaired) electrons. The number of carbonyl (C=O) groups is 1. The van der Waals surface area contributed by atoms with Crippen molar-refractivity contribution in [1.29, 1.82) is 0 Å². The molecule has 12 heavy (non-hydrogen) atoms. The van der Waals surface area contributed by atoms with Crippen LogP contribution in [0.2, 0.25) is 0 Å².